The number of hydrogen-bond donors (Lipinski definition) is 1. The van der Waals surface area contributed by atoms with Crippen LogP contribution in [0.4, 0.5) is 5.69 Å². The highest BCUT2D eigenvalue weighted by Gasteiger charge is 2.23. The molecule has 1 unspecified atom stereocenters. The molecule has 0 saturated heterocycles. The van der Waals surface area contributed by atoms with Crippen molar-refractivity contribution < 1.29 is 4.74 Å². The van der Waals surface area contributed by atoms with Crippen LogP contribution in [0.1, 0.15) is 11.6 Å². The monoisotopic (exact) mass is 279 g/mol. The van der Waals surface area contributed by atoms with Crippen LogP contribution < -0.4 is 10.1 Å². The minimum atomic E-state index is 0.125. The summed E-state index contributed by atoms with van der Waals surface area (Å²) in [5, 5.41) is 4.63. The van der Waals surface area contributed by atoms with Crippen molar-refractivity contribution in [2.45, 2.75) is 6.04 Å². The Bertz CT molecular complexity index is 586. The van der Waals surface area contributed by atoms with Gasteiger partial charge in [-0.05, 0) is 24.3 Å². The molecule has 18 heavy (non-hydrogen) atoms. The summed E-state index contributed by atoms with van der Waals surface area (Å²) in [6, 6.07) is 13.6. The van der Waals surface area contributed by atoms with Gasteiger partial charge >= 0.3 is 0 Å². The molecule has 1 heterocycles. The van der Waals surface area contributed by atoms with Gasteiger partial charge in [0.15, 0.2) is 0 Å². The second-order valence-electron chi connectivity index (χ2n) is 4.17. The highest BCUT2D eigenvalue weighted by molar-refractivity contribution is 6.36. The number of halogens is 2. The number of benzene rings is 2. The minimum absolute atomic E-state index is 0.125. The zero-order valence-electron chi connectivity index (χ0n) is 9.49. The van der Waals surface area contributed by atoms with Gasteiger partial charge < -0.3 is 10.1 Å². The van der Waals surface area contributed by atoms with E-state index in [0.29, 0.717) is 16.7 Å². The van der Waals surface area contributed by atoms with Crippen LogP contribution in [0.2, 0.25) is 10.0 Å². The first-order chi connectivity index (χ1) is 8.74. The van der Waals surface area contributed by atoms with Gasteiger partial charge in [-0.1, -0.05) is 41.4 Å². The average molecular weight is 280 g/mol. The van der Waals surface area contributed by atoms with E-state index in [2.05, 4.69) is 11.4 Å². The smallest absolute Gasteiger partial charge is 0.124 e. The molecule has 0 bridgehead atoms. The van der Waals surface area contributed by atoms with E-state index in [1.165, 1.54) is 0 Å². The van der Waals surface area contributed by atoms with Crippen molar-refractivity contribution in [3.8, 4) is 5.75 Å². The first-order valence-corrected chi connectivity index (χ1v) is 6.43. The number of rotatable bonds is 2. The molecular formula is C14H11Cl2NO. The maximum Gasteiger partial charge on any atom is 0.124 e. The largest absolute Gasteiger partial charge is 0.491 e. The Balaban J connectivity index is 1.86. The van der Waals surface area contributed by atoms with Crippen molar-refractivity contribution in [1.82, 2.24) is 0 Å². The van der Waals surface area contributed by atoms with E-state index in [4.69, 9.17) is 27.9 Å². The molecule has 1 aliphatic rings. The summed E-state index contributed by atoms with van der Waals surface area (Å²) in [6.07, 6.45) is 0. The van der Waals surface area contributed by atoms with E-state index in [0.717, 1.165) is 17.0 Å². The molecule has 2 aromatic carbocycles. The molecule has 1 aliphatic heterocycles. The van der Waals surface area contributed by atoms with Crippen LogP contribution in [-0.2, 0) is 0 Å². The van der Waals surface area contributed by atoms with Gasteiger partial charge in [-0.3, -0.25) is 0 Å². The highest BCUT2D eigenvalue weighted by Crippen LogP contribution is 2.36. The molecule has 2 aromatic rings. The van der Waals surface area contributed by atoms with Crippen LogP contribution in [0.3, 0.4) is 0 Å². The summed E-state index contributed by atoms with van der Waals surface area (Å²) in [5.74, 6) is 0.931. The summed E-state index contributed by atoms with van der Waals surface area (Å²) >= 11 is 12.0. The van der Waals surface area contributed by atoms with Crippen molar-refractivity contribution in [2.75, 3.05) is 11.9 Å². The third-order valence-corrected chi connectivity index (χ3v) is 3.51. The van der Waals surface area contributed by atoms with Crippen LogP contribution >= 0.6 is 23.2 Å². The fourth-order valence-electron chi connectivity index (χ4n) is 2.08. The van der Waals surface area contributed by atoms with E-state index < -0.39 is 0 Å². The third kappa shape index (κ3) is 2.14. The van der Waals surface area contributed by atoms with Gasteiger partial charge in [-0.15, -0.1) is 0 Å². The van der Waals surface area contributed by atoms with Crippen LogP contribution in [0.15, 0.2) is 42.5 Å². The van der Waals surface area contributed by atoms with Crippen molar-refractivity contribution in [3.05, 3.63) is 58.1 Å². The predicted octanol–water partition coefficient (Wildman–Crippen LogP) is 4.54. The number of fused-ring (bicyclic) bond motifs is 1. The Morgan fingerprint density at radius 3 is 2.78 bits per heavy atom. The Hall–Kier alpha value is -1.38. The number of hydrogen-bond acceptors (Lipinski definition) is 2. The van der Waals surface area contributed by atoms with Gasteiger partial charge in [0.25, 0.3) is 0 Å². The molecule has 92 valence electrons. The van der Waals surface area contributed by atoms with Crippen molar-refractivity contribution in [2.24, 2.45) is 0 Å². The van der Waals surface area contributed by atoms with Crippen LogP contribution in [0, 0.1) is 0 Å². The minimum Gasteiger partial charge on any atom is -0.491 e. The lowest BCUT2D eigenvalue weighted by atomic mass is 10.1. The molecule has 0 saturated carbocycles. The van der Waals surface area contributed by atoms with Crippen LogP contribution in [0.5, 0.6) is 5.75 Å². The zero-order chi connectivity index (χ0) is 12.5. The van der Waals surface area contributed by atoms with Crippen LogP contribution in [-0.4, -0.2) is 6.61 Å². The zero-order valence-corrected chi connectivity index (χ0v) is 11.0. The molecule has 0 spiro atoms. The molecule has 0 aliphatic carbocycles. The first-order valence-electron chi connectivity index (χ1n) is 5.67. The lowest BCUT2D eigenvalue weighted by Gasteiger charge is -2.14. The maximum absolute atomic E-state index is 6.15. The summed E-state index contributed by atoms with van der Waals surface area (Å²) in [7, 11) is 0. The third-order valence-electron chi connectivity index (χ3n) is 2.96. The Kier molecular flexibility index (Phi) is 3.06. The molecule has 0 radical (unpaired) electrons. The number of ether oxygens (including phenoxy) is 1. The molecular weight excluding hydrogens is 269 g/mol. The topological polar surface area (TPSA) is 21.3 Å². The lowest BCUT2D eigenvalue weighted by Crippen LogP contribution is -2.12. The van der Waals surface area contributed by atoms with Crippen molar-refractivity contribution in [1.29, 1.82) is 0 Å². The number of para-hydroxylation sites is 1. The van der Waals surface area contributed by atoms with Gasteiger partial charge in [0.1, 0.15) is 12.4 Å². The number of anilines is 1. The fourth-order valence-corrected chi connectivity index (χ4v) is 2.54. The highest BCUT2D eigenvalue weighted by atomic mass is 35.5. The van der Waals surface area contributed by atoms with Crippen molar-refractivity contribution in [3.63, 3.8) is 0 Å². The van der Waals surface area contributed by atoms with Gasteiger partial charge in [-0.25, -0.2) is 0 Å². The van der Waals surface area contributed by atoms with Gasteiger partial charge in [0.2, 0.25) is 0 Å². The molecule has 1 N–H and O–H groups in total. The molecule has 0 aromatic heterocycles. The molecule has 0 amide bonds. The number of nitrogens with one attached hydrogen (secondary N) is 1. The summed E-state index contributed by atoms with van der Waals surface area (Å²) < 4.78 is 5.62. The second kappa shape index (κ2) is 4.71. The standard InChI is InChI=1S/C14H11Cl2NO/c15-9-5-6-12(11(16)7-9)17-13-8-18-14-4-2-1-3-10(13)14/h1-7,13,17H,8H2. The lowest BCUT2D eigenvalue weighted by molar-refractivity contribution is 0.340. The van der Waals surface area contributed by atoms with E-state index in [1.54, 1.807) is 6.07 Å². The van der Waals surface area contributed by atoms with Crippen molar-refractivity contribution >= 4 is 28.9 Å². The molecule has 0 fully saturated rings. The Morgan fingerprint density at radius 1 is 1.11 bits per heavy atom. The summed E-state index contributed by atoms with van der Waals surface area (Å²) in [6.45, 7) is 0.609. The van der Waals surface area contributed by atoms with Gasteiger partial charge in [0, 0.05) is 10.6 Å². The second-order valence-corrected chi connectivity index (χ2v) is 5.01. The van der Waals surface area contributed by atoms with E-state index in [-0.39, 0.29) is 6.04 Å². The molecule has 4 heteroatoms. The van der Waals surface area contributed by atoms with Gasteiger partial charge in [0.05, 0.1) is 16.8 Å². The predicted molar refractivity (Wildman–Crippen MR) is 74.8 cm³/mol. The summed E-state index contributed by atoms with van der Waals surface area (Å²) in [4.78, 5) is 0. The molecule has 2 nitrogen and oxygen atoms in total. The fraction of sp³-hybridized carbons (Fsp3) is 0.143. The van der Waals surface area contributed by atoms with E-state index >= 15 is 0 Å². The molecule has 3 rings (SSSR count). The summed E-state index contributed by atoms with van der Waals surface area (Å²) in [5.41, 5.74) is 2.02. The Labute approximate surface area is 115 Å². The van der Waals surface area contributed by atoms with Gasteiger partial charge in [-0.2, -0.15) is 0 Å². The maximum atomic E-state index is 6.15. The normalized spacial score (nSPS) is 17.1. The van der Waals surface area contributed by atoms with E-state index in [1.807, 2.05) is 30.3 Å². The van der Waals surface area contributed by atoms with Crippen LogP contribution in [0.25, 0.3) is 0 Å². The Morgan fingerprint density at radius 2 is 1.94 bits per heavy atom. The first kappa shape index (κ1) is 11.7. The SMILES string of the molecule is Clc1ccc(NC2COc3ccccc32)c(Cl)c1. The molecule has 1 atom stereocenters. The average Bonchev–Trinajstić information content (AvgIpc) is 2.76. The van der Waals surface area contributed by atoms with E-state index in [9.17, 15) is 0 Å². The quantitative estimate of drug-likeness (QED) is 0.872.